The number of hydrogen-bond acceptors (Lipinski definition) is 5. The van der Waals surface area contributed by atoms with Crippen molar-refractivity contribution in [2.75, 3.05) is 5.32 Å². The lowest BCUT2D eigenvalue weighted by atomic mass is 10.2. The molecule has 0 bridgehead atoms. The first kappa shape index (κ1) is 18.4. The van der Waals surface area contributed by atoms with Crippen LogP contribution in [0.5, 0.6) is 0 Å². The van der Waals surface area contributed by atoms with Gasteiger partial charge in [0.2, 0.25) is 0 Å². The lowest BCUT2D eigenvalue weighted by Crippen LogP contribution is -1.95. The highest BCUT2D eigenvalue weighted by atomic mass is 35.5. The lowest BCUT2D eigenvalue weighted by molar-refractivity contribution is 0.571. The van der Waals surface area contributed by atoms with Crippen molar-refractivity contribution in [1.82, 2.24) is 19.5 Å². The molecule has 7 heteroatoms. The van der Waals surface area contributed by atoms with Gasteiger partial charge in [0.1, 0.15) is 17.2 Å². The molecule has 3 aromatic heterocycles. The summed E-state index contributed by atoms with van der Waals surface area (Å²) >= 11 is 6.18. The summed E-state index contributed by atoms with van der Waals surface area (Å²) in [5.74, 6) is 2.30. The van der Waals surface area contributed by atoms with E-state index in [4.69, 9.17) is 21.0 Å². The van der Waals surface area contributed by atoms with Crippen LogP contribution >= 0.6 is 11.6 Å². The van der Waals surface area contributed by atoms with Gasteiger partial charge in [-0.05, 0) is 43.3 Å². The number of aryl methyl sites for hydroxylation is 2. The topological polar surface area (TPSA) is 68.8 Å². The fraction of sp³-hybridized carbons (Fsp3) is 0.0870. The maximum atomic E-state index is 6.18. The van der Waals surface area contributed by atoms with E-state index in [0.29, 0.717) is 5.02 Å². The molecule has 0 aliphatic rings. The SMILES string of the molecule is Cc1ncoc1-c1ccc(Nc2cccc3c2nc(-c2cccc(Cl)c2)n3C)nc1. The van der Waals surface area contributed by atoms with Crippen LogP contribution in [0, 0.1) is 6.92 Å². The largest absolute Gasteiger partial charge is 0.443 e. The summed E-state index contributed by atoms with van der Waals surface area (Å²) in [6, 6.07) is 17.6. The normalized spacial score (nSPS) is 11.2. The Kier molecular flexibility index (Phi) is 4.48. The first-order valence-corrected chi connectivity index (χ1v) is 9.83. The summed E-state index contributed by atoms with van der Waals surface area (Å²) in [5, 5.41) is 4.06. The summed E-state index contributed by atoms with van der Waals surface area (Å²) in [5.41, 5.74) is 5.46. The highest BCUT2D eigenvalue weighted by Crippen LogP contribution is 2.31. The molecule has 0 atom stereocenters. The quantitative estimate of drug-likeness (QED) is 0.390. The van der Waals surface area contributed by atoms with Gasteiger partial charge in [-0.15, -0.1) is 0 Å². The van der Waals surface area contributed by atoms with Crippen molar-refractivity contribution in [2.45, 2.75) is 6.92 Å². The van der Waals surface area contributed by atoms with Crippen LogP contribution in [0.2, 0.25) is 5.02 Å². The third-order valence-electron chi connectivity index (χ3n) is 5.03. The van der Waals surface area contributed by atoms with Gasteiger partial charge in [-0.2, -0.15) is 0 Å². The summed E-state index contributed by atoms with van der Waals surface area (Å²) < 4.78 is 7.50. The second-order valence-electron chi connectivity index (χ2n) is 7.00. The average Bonchev–Trinajstić information content (AvgIpc) is 3.33. The van der Waals surface area contributed by atoms with Gasteiger partial charge in [-0.1, -0.05) is 29.8 Å². The van der Waals surface area contributed by atoms with Gasteiger partial charge in [-0.25, -0.2) is 15.0 Å². The Morgan fingerprint density at radius 1 is 1.00 bits per heavy atom. The van der Waals surface area contributed by atoms with E-state index >= 15 is 0 Å². The van der Waals surface area contributed by atoms with Gasteiger partial charge in [-0.3, -0.25) is 0 Å². The Balaban J connectivity index is 1.51. The predicted molar refractivity (Wildman–Crippen MR) is 119 cm³/mol. The van der Waals surface area contributed by atoms with Crippen LogP contribution in [0.4, 0.5) is 11.5 Å². The van der Waals surface area contributed by atoms with Gasteiger partial charge in [0, 0.05) is 29.4 Å². The molecule has 0 aliphatic heterocycles. The second kappa shape index (κ2) is 7.31. The van der Waals surface area contributed by atoms with E-state index in [2.05, 4.69) is 19.9 Å². The van der Waals surface area contributed by atoms with Crippen LogP contribution in [0.25, 0.3) is 33.7 Å². The number of halogens is 1. The Hall–Kier alpha value is -3.64. The van der Waals surface area contributed by atoms with Gasteiger partial charge in [0.05, 0.1) is 16.9 Å². The van der Waals surface area contributed by atoms with E-state index in [1.807, 2.05) is 68.6 Å². The van der Waals surface area contributed by atoms with Crippen molar-refractivity contribution in [3.63, 3.8) is 0 Å². The number of nitrogens with one attached hydrogen (secondary N) is 1. The Bertz CT molecular complexity index is 1350. The number of anilines is 2. The van der Waals surface area contributed by atoms with Crippen LogP contribution in [0.15, 0.2) is 71.6 Å². The number of hydrogen-bond donors (Lipinski definition) is 1. The van der Waals surface area contributed by atoms with Crippen LogP contribution in [0.1, 0.15) is 5.69 Å². The number of pyridine rings is 1. The molecule has 5 rings (SSSR count). The Labute approximate surface area is 178 Å². The standard InChI is InChI=1S/C23H18ClN5O/c1-14-22(30-13-26-14)16-9-10-20(25-12-16)27-18-7-4-8-19-21(18)28-23(29(19)2)15-5-3-6-17(24)11-15/h3-13H,1-2H3,(H,25,27). The van der Waals surface area contributed by atoms with E-state index < -0.39 is 0 Å². The van der Waals surface area contributed by atoms with Gasteiger partial charge in [0.25, 0.3) is 0 Å². The number of fused-ring (bicyclic) bond motifs is 1. The Morgan fingerprint density at radius 2 is 1.87 bits per heavy atom. The smallest absolute Gasteiger partial charge is 0.181 e. The maximum Gasteiger partial charge on any atom is 0.181 e. The molecule has 5 aromatic rings. The van der Waals surface area contributed by atoms with Crippen molar-refractivity contribution in [1.29, 1.82) is 0 Å². The fourth-order valence-electron chi connectivity index (χ4n) is 3.52. The van der Waals surface area contributed by atoms with Crippen molar-refractivity contribution < 1.29 is 4.42 Å². The van der Waals surface area contributed by atoms with E-state index in [0.717, 1.165) is 50.9 Å². The zero-order valence-electron chi connectivity index (χ0n) is 16.4. The molecule has 0 radical (unpaired) electrons. The highest BCUT2D eigenvalue weighted by Gasteiger charge is 2.14. The first-order valence-electron chi connectivity index (χ1n) is 9.45. The van der Waals surface area contributed by atoms with Gasteiger partial charge in [0.15, 0.2) is 12.2 Å². The van der Waals surface area contributed by atoms with Crippen molar-refractivity contribution in [3.05, 3.63) is 77.9 Å². The van der Waals surface area contributed by atoms with Crippen LogP contribution in [0.3, 0.4) is 0 Å². The number of aromatic nitrogens is 4. The van der Waals surface area contributed by atoms with Crippen LogP contribution in [-0.4, -0.2) is 19.5 Å². The minimum atomic E-state index is 0.684. The van der Waals surface area contributed by atoms with E-state index in [9.17, 15) is 0 Å². The monoisotopic (exact) mass is 415 g/mol. The van der Waals surface area contributed by atoms with Crippen molar-refractivity contribution in [3.8, 4) is 22.7 Å². The molecule has 0 saturated heterocycles. The summed E-state index contributed by atoms with van der Waals surface area (Å²) in [4.78, 5) is 13.5. The van der Waals surface area contributed by atoms with E-state index in [1.54, 1.807) is 6.20 Å². The number of benzene rings is 2. The Morgan fingerprint density at radius 3 is 2.60 bits per heavy atom. The lowest BCUT2D eigenvalue weighted by Gasteiger charge is -2.07. The minimum absolute atomic E-state index is 0.684. The third-order valence-corrected chi connectivity index (χ3v) is 5.26. The molecule has 30 heavy (non-hydrogen) atoms. The van der Waals surface area contributed by atoms with E-state index in [1.165, 1.54) is 6.39 Å². The number of para-hydroxylation sites is 1. The molecule has 0 spiro atoms. The number of nitrogens with zero attached hydrogens (tertiary/aromatic N) is 4. The molecule has 3 heterocycles. The maximum absolute atomic E-state index is 6.18. The molecule has 6 nitrogen and oxygen atoms in total. The van der Waals surface area contributed by atoms with Crippen LogP contribution in [-0.2, 0) is 7.05 Å². The molecule has 0 aliphatic carbocycles. The predicted octanol–water partition coefficient (Wildman–Crippen LogP) is 6.00. The molecule has 2 aromatic carbocycles. The van der Waals surface area contributed by atoms with E-state index in [-0.39, 0.29) is 0 Å². The molecule has 0 fully saturated rings. The number of oxazole rings is 1. The zero-order valence-corrected chi connectivity index (χ0v) is 17.2. The second-order valence-corrected chi connectivity index (χ2v) is 7.44. The molecular weight excluding hydrogens is 398 g/mol. The summed E-state index contributed by atoms with van der Waals surface area (Å²) in [7, 11) is 2.00. The van der Waals surface area contributed by atoms with Crippen molar-refractivity contribution in [2.24, 2.45) is 7.05 Å². The summed E-state index contributed by atoms with van der Waals surface area (Å²) in [6.07, 6.45) is 3.21. The highest BCUT2D eigenvalue weighted by molar-refractivity contribution is 6.30. The minimum Gasteiger partial charge on any atom is -0.443 e. The average molecular weight is 416 g/mol. The molecule has 0 amide bonds. The number of imidazole rings is 1. The van der Waals surface area contributed by atoms with Gasteiger partial charge >= 0.3 is 0 Å². The van der Waals surface area contributed by atoms with Crippen molar-refractivity contribution >= 4 is 34.1 Å². The molecule has 148 valence electrons. The first-order chi connectivity index (χ1) is 14.6. The third kappa shape index (κ3) is 3.21. The molecule has 0 unspecified atom stereocenters. The zero-order chi connectivity index (χ0) is 20.7. The molecule has 1 N–H and O–H groups in total. The molecule has 0 saturated carbocycles. The van der Waals surface area contributed by atoms with Crippen LogP contribution < -0.4 is 5.32 Å². The number of rotatable bonds is 4. The summed E-state index contributed by atoms with van der Waals surface area (Å²) in [6.45, 7) is 1.91. The van der Waals surface area contributed by atoms with Gasteiger partial charge < -0.3 is 14.3 Å². The fourth-order valence-corrected chi connectivity index (χ4v) is 3.71. The molecular formula is C23H18ClN5O.